The zero-order valence-electron chi connectivity index (χ0n) is 9.14. The Morgan fingerprint density at radius 3 is 2.76 bits per heavy atom. The molecular formula is C11H11F3N2O. The number of rotatable bonds is 3. The number of hydrogen-bond donors (Lipinski definition) is 1. The number of fused-ring (bicyclic) bond motifs is 1. The van der Waals surface area contributed by atoms with Gasteiger partial charge in [-0.05, 0) is 25.1 Å². The summed E-state index contributed by atoms with van der Waals surface area (Å²) in [5.74, 6) is 0.529. The van der Waals surface area contributed by atoms with Crippen molar-refractivity contribution in [3.63, 3.8) is 0 Å². The minimum absolute atomic E-state index is 0.270. The van der Waals surface area contributed by atoms with Crippen LogP contribution in [0, 0.1) is 0 Å². The molecular weight excluding hydrogens is 233 g/mol. The summed E-state index contributed by atoms with van der Waals surface area (Å²) in [5, 5.41) is 0. The van der Waals surface area contributed by atoms with Crippen molar-refractivity contribution >= 4 is 11.0 Å². The van der Waals surface area contributed by atoms with Gasteiger partial charge in [0.1, 0.15) is 12.4 Å². The van der Waals surface area contributed by atoms with E-state index in [-0.39, 0.29) is 6.61 Å². The van der Waals surface area contributed by atoms with Gasteiger partial charge >= 0.3 is 6.18 Å². The lowest BCUT2D eigenvalue weighted by Crippen LogP contribution is -2.04. The van der Waals surface area contributed by atoms with Crippen LogP contribution >= 0.6 is 0 Å². The number of halogens is 3. The fraction of sp³-hybridized carbons (Fsp3) is 0.364. The second kappa shape index (κ2) is 4.37. The molecule has 0 saturated heterocycles. The van der Waals surface area contributed by atoms with Gasteiger partial charge in [0.2, 0.25) is 0 Å². The van der Waals surface area contributed by atoms with E-state index >= 15 is 0 Å². The molecule has 2 rings (SSSR count). The van der Waals surface area contributed by atoms with Gasteiger partial charge in [0.05, 0.1) is 16.6 Å². The molecule has 0 unspecified atom stereocenters. The predicted octanol–water partition coefficient (Wildman–Crippen LogP) is 3.12. The van der Waals surface area contributed by atoms with E-state index in [9.17, 15) is 13.2 Å². The maximum Gasteiger partial charge on any atom is 0.416 e. The first-order valence-corrected chi connectivity index (χ1v) is 5.14. The van der Waals surface area contributed by atoms with Crippen LogP contribution in [0.2, 0.25) is 0 Å². The normalized spacial score (nSPS) is 12.2. The highest BCUT2D eigenvalue weighted by atomic mass is 19.4. The highest BCUT2D eigenvalue weighted by Crippen LogP contribution is 2.30. The number of imidazole rings is 1. The second-order valence-electron chi connectivity index (χ2n) is 3.55. The van der Waals surface area contributed by atoms with Crippen LogP contribution in [0.4, 0.5) is 13.2 Å². The topological polar surface area (TPSA) is 37.9 Å². The summed E-state index contributed by atoms with van der Waals surface area (Å²) in [7, 11) is 0. The SMILES string of the molecule is CCOCc1nc2ccc(C(F)(F)F)cc2[nH]1. The highest BCUT2D eigenvalue weighted by molar-refractivity contribution is 5.76. The van der Waals surface area contributed by atoms with Gasteiger partial charge in [-0.3, -0.25) is 0 Å². The Hall–Kier alpha value is -1.56. The third-order valence-electron chi connectivity index (χ3n) is 2.30. The van der Waals surface area contributed by atoms with Gasteiger partial charge in [-0.25, -0.2) is 4.98 Å². The van der Waals surface area contributed by atoms with E-state index in [2.05, 4.69) is 9.97 Å². The van der Waals surface area contributed by atoms with E-state index in [1.54, 1.807) is 0 Å². The minimum Gasteiger partial charge on any atom is -0.374 e. The molecule has 2 aromatic rings. The van der Waals surface area contributed by atoms with Gasteiger partial charge in [-0.2, -0.15) is 13.2 Å². The van der Waals surface area contributed by atoms with E-state index in [0.717, 1.165) is 12.1 Å². The largest absolute Gasteiger partial charge is 0.416 e. The summed E-state index contributed by atoms with van der Waals surface area (Å²) >= 11 is 0. The number of alkyl halides is 3. The smallest absolute Gasteiger partial charge is 0.374 e. The van der Waals surface area contributed by atoms with Crippen molar-refractivity contribution in [2.24, 2.45) is 0 Å². The molecule has 0 saturated carbocycles. The molecule has 0 aliphatic heterocycles. The zero-order valence-corrected chi connectivity index (χ0v) is 9.14. The maximum atomic E-state index is 12.5. The van der Waals surface area contributed by atoms with Crippen molar-refractivity contribution in [3.8, 4) is 0 Å². The van der Waals surface area contributed by atoms with Crippen molar-refractivity contribution in [2.75, 3.05) is 6.61 Å². The molecule has 0 atom stereocenters. The van der Waals surface area contributed by atoms with Crippen LogP contribution < -0.4 is 0 Å². The summed E-state index contributed by atoms with van der Waals surface area (Å²) in [5.41, 5.74) is 0.193. The van der Waals surface area contributed by atoms with Crippen molar-refractivity contribution in [1.82, 2.24) is 9.97 Å². The molecule has 6 heteroatoms. The number of nitrogens with one attached hydrogen (secondary N) is 1. The molecule has 1 heterocycles. The fourth-order valence-corrected chi connectivity index (χ4v) is 1.51. The monoisotopic (exact) mass is 244 g/mol. The first kappa shape index (κ1) is 11.9. The molecule has 0 aliphatic carbocycles. The second-order valence-corrected chi connectivity index (χ2v) is 3.55. The van der Waals surface area contributed by atoms with Crippen LogP contribution in [0.5, 0.6) is 0 Å². The van der Waals surface area contributed by atoms with Crippen LogP contribution in [0.25, 0.3) is 11.0 Å². The maximum absolute atomic E-state index is 12.5. The standard InChI is InChI=1S/C11H11F3N2O/c1-2-17-6-10-15-8-4-3-7(11(12,13)14)5-9(8)16-10/h3-5H,2,6H2,1H3,(H,15,16). The van der Waals surface area contributed by atoms with E-state index in [0.29, 0.717) is 23.5 Å². The fourth-order valence-electron chi connectivity index (χ4n) is 1.51. The number of nitrogens with zero attached hydrogens (tertiary/aromatic N) is 1. The van der Waals surface area contributed by atoms with Crippen molar-refractivity contribution in [1.29, 1.82) is 0 Å². The van der Waals surface area contributed by atoms with Gasteiger partial charge < -0.3 is 9.72 Å². The first-order chi connectivity index (χ1) is 8.00. The lowest BCUT2D eigenvalue weighted by atomic mass is 10.2. The van der Waals surface area contributed by atoms with Gasteiger partial charge in [-0.15, -0.1) is 0 Å². The van der Waals surface area contributed by atoms with E-state index in [4.69, 9.17) is 4.74 Å². The van der Waals surface area contributed by atoms with Crippen LogP contribution in [0.15, 0.2) is 18.2 Å². The molecule has 0 fully saturated rings. The summed E-state index contributed by atoms with van der Waals surface area (Å²) in [6, 6.07) is 3.43. The van der Waals surface area contributed by atoms with Crippen LogP contribution in [0.1, 0.15) is 18.3 Å². The molecule has 0 radical (unpaired) electrons. The molecule has 1 aromatic carbocycles. The molecule has 17 heavy (non-hydrogen) atoms. The van der Waals surface area contributed by atoms with Gasteiger partial charge in [-0.1, -0.05) is 0 Å². The number of hydrogen-bond acceptors (Lipinski definition) is 2. The number of H-pyrrole nitrogens is 1. The molecule has 0 aliphatic rings. The molecule has 0 amide bonds. The molecule has 1 N–H and O–H groups in total. The Morgan fingerprint density at radius 2 is 2.12 bits per heavy atom. The molecule has 0 spiro atoms. The average molecular weight is 244 g/mol. The molecule has 0 bridgehead atoms. The number of aromatic amines is 1. The average Bonchev–Trinajstić information content (AvgIpc) is 2.66. The third kappa shape index (κ3) is 2.58. The zero-order chi connectivity index (χ0) is 12.5. The van der Waals surface area contributed by atoms with E-state index in [1.807, 2.05) is 6.92 Å². The Bertz CT molecular complexity index is 519. The summed E-state index contributed by atoms with van der Waals surface area (Å²) in [4.78, 5) is 6.93. The summed E-state index contributed by atoms with van der Waals surface area (Å²) < 4.78 is 42.5. The van der Waals surface area contributed by atoms with E-state index in [1.165, 1.54) is 6.07 Å². The quantitative estimate of drug-likeness (QED) is 0.900. The van der Waals surface area contributed by atoms with Crippen molar-refractivity contribution < 1.29 is 17.9 Å². The summed E-state index contributed by atoms with van der Waals surface area (Å²) in [6.45, 7) is 2.64. The predicted molar refractivity (Wildman–Crippen MR) is 56.4 cm³/mol. The van der Waals surface area contributed by atoms with E-state index < -0.39 is 11.7 Å². The molecule has 92 valence electrons. The lowest BCUT2D eigenvalue weighted by Gasteiger charge is -2.05. The Morgan fingerprint density at radius 1 is 1.35 bits per heavy atom. The third-order valence-corrected chi connectivity index (χ3v) is 2.30. The minimum atomic E-state index is -4.33. The Balaban J connectivity index is 2.34. The van der Waals surface area contributed by atoms with Gasteiger partial charge in [0, 0.05) is 6.61 Å². The number of aromatic nitrogens is 2. The van der Waals surface area contributed by atoms with Crippen LogP contribution in [0.3, 0.4) is 0 Å². The molecule has 3 nitrogen and oxygen atoms in total. The van der Waals surface area contributed by atoms with Crippen LogP contribution in [-0.2, 0) is 17.5 Å². The lowest BCUT2D eigenvalue weighted by molar-refractivity contribution is -0.137. The molecule has 1 aromatic heterocycles. The number of ether oxygens (including phenoxy) is 1. The summed E-state index contributed by atoms with van der Waals surface area (Å²) in [6.07, 6.45) is -4.33. The van der Waals surface area contributed by atoms with Crippen molar-refractivity contribution in [3.05, 3.63) is 29.6 Å². The Labute approximate surface area is 95.6 Å². The first-order valence-electron chi connectivity index (χ1n) is 5.14. The van der Waals surface area contributed by atoms with Gasteiger partial charge in [0.15, 0.2) is 0 Å². The Kier molecular flexibility index (Phi) is 3.06. The number of benzene rings is 1. The van der Waals surface area contributed by atoms with Crippen molar-refractivity contribution in [2.45, 2.75) is 19.7 Å². The van der Waals surface area contributed by atoms with Crippen LogP contribution in [-0.4, -0.2) is 16.6 Å². The highest BCUT2D eigenvalue weighted by Gasteiger charge is 2.30. The van der Waals surface area contributed by atoms with Gasteiger partial charge in [0.25, 0.3) is 0 Å².